The van der Waals surface area contributed by atoms with Gasteiger partial charge in [0.25, 0.3) is 0 Å². The number of unbranched alkanes of at least 4 members (excludes halogenated alkanes) is 4. The summed E-state index contributed by atoms with van der Waals surface area (Å²) in [6, 6.07) is 12.9. The van der Waals surface area contributed by atoms with Crippen LogP contribution >= 0.6 is 0 Å². The Labute approximate surface area is 142 Å². The van der Waals surface area contributed by atoms with Crippen molar-refractivity contribution in [3.8, 4) is 0 Å². The average molecular weight is 312 g/mol. The van der Waals surface area contributed by atoms with E-state index in [0.717, 1.165) is 17.9 Å². The molecule has 126 valence electrons. The topological polar surface area (TPSA) is 12.9 Å². The Morgan fingerprint density at radius 1 is 0.783 bits per heavy atom. The maximum atomic E-state index is 4.84. The molecule has 2 rings (SSSR count). The molecule has 23 heavy (non-hydrogen) atoms. The van der Waals surface area contributed by atoms with E-state index in [0.29, 0.717) is 0 Å². The minimum absolute atomic E-state index is 0.889. The zero-order valence-electron chi connectivity index (χ0n) is 15.1. The van der Waals surface area contributed by atoms with Crippen LogP contribution in [0.4, 0.5) is 0 Å². The highest BCUT2D eigenvalue weighted by molar-refractivity contribution is 5.78. The third kappa shape index (κ3) is 6.33. The second-order valence-corrected chi connectivity index (χ2v) is 6.89. The number of nitrogens with zero attached hydrogens (tertiary/aromatic N) is 1. The van der Waals surface area contributed by atoms with E-state index in [1.807, 2.05) is 0 Å². The molecule has 1 nitrogen and oxygen atoms in total. The Hall–Kier alpha value is -1.37. The minimum atomic E-state index is 0.889. The van der Waals surface area contributed by atoms with Gasteiger partial charge in [-0.2, -0.15) is 0 Å². The number of fused-ring (bicyclic) bond motifs is 1. The van der Waals surface area contributed by atoms with Gasteiger partial charge in [-0.15, -0.1) is 0 Å². The highest BCUT2D eigenvalue weighted by Crippen LogP contribution is 2.23. The maximum absolute atomic E-state index is 4.84. The van der Waals surface area contributed by atoms with Gasteiger partial charge in [-0.3, -0.25) is 4.98 Å². The van der Waals surface area contributed by atoms with E-state index in [-0.39, 0.29) is 0 Å². The summed E-state index contributed by atoms with van der Waals surface area (Å²) in [4.78, 5) is 4.84. The molecule has 1 unspecified atom stereocenters. The summed E-state index contributed by atoms with van der Waals surface area (Å²) in [6.45, 7) is 4.60. The standard InChI is InChI=1S/C22H33N/c1-3-5-7-8-12-19(11-6-4-2)15-17-21-18-16-20-13-9-10-14-22(20)23-21/h9-10,13-14,16,18-19H,3-8,11-12,15,17H2,1-2H3. The number of benzene rings is 1. The first-order valence-corrected chi connectivity index (χ1v) is 9.68. The molecule has 0 aliphatic rings. The van der Waals surface area contributed by atoms with Crippen LogP contribution in [0.25, 0.3) is 10.9 Å². The number of aromatic nitrogens is 1. The molecular formula is C22H33N. The average Bonchev–Trinajstić information content (AvgIpc) is 2.60. The molecule has 0 saturated heterocycles. The minimum Gasteiger partial charge on any atom is -0.253 e. The van der Waals surface area contributed by atoms with Crippen LogP contribution < -0.4 is 0 Å². The number of aryl methyl sites for hydroxylation is 1. The molecule has 1 aromatic carbocycles. The van der Waals surface area contributed by atoms with Crippen LogP contribution in [0.15, 0.2) is 36.4 Å². The van der Waals surface area contributed by atoms with Gasteiger partial charge in [0.05, 0.1) is 5.52 Å². The fourth-order valence-corrected chi connectivity index (χ4v) is 3.39. The van der Waals surface area contributed by atoms with Gasteiger partial charge in [-0.05, 0) is 30.9 Å². The fourth-order valence-electron chi connectivity index (χ4n) is 3.39. The monoisotopic (exact) mass is 311 g/mol. The first-order chi connectivity index (χ1) is 11.3. The van der Waals surface area contributed by atoms with E-state index in [2.05, 4.69) is 50.2 Å². The number of hydrogen-bond acceptors (Lipinski definition) is 1. The van der Waals surface area contributed by atoms with Crippen molar-refractivity contribution >= 4 is 10.9 Å². The largest absolute Gasteiger partial charge is 0.253 e. The van der Waals surface area contributed by atoms with Gasteiger partial charge >= 0.3 is 0 Å². The molecule has 1 heterocycles. The maximum Gasteiger partial charge on any atom is 0.0705 e. The van der Waals surface area contributed by atoms with Crippen molar-refractivity contribution in [2.24, 2.45) is 5.92 Å². The van der Waals surface area contributed by atoms with Gasteiger partial charge in [-0.1, -0.05) is 89.5 Å². The predicted octanol–water partition coefficient (Wildman–Crippen LogP) is 6.94. The van der Waals surface area contributed by atoms with Crippen molar-refractivity contribution < 1.29 is 0 Å². The van der Waals surface area contributed by atoms with Gasteiger partial charge in [0.1, 0.15) is 0 Å². The fraction of sp³-hybridized carbons (Fsp3) is 0.591. The third-order valence-electron chi connectivity index (χ3n) is 4.90. The van der Waals surface area contributed by atoms with Gasteiger partial charge in [0.2, 0.25) is 0 Å². The molecule has 2 aromatic rings. The summed E-state index contributed by atoms with van der Waals surface area (Å²) < 4.78 is 0. The van der Waals surface area contributed by atoms with Crippen molar-refractivity contribution in [3.05, 3.63) is 42.1 Å². The molecule has 0 amide bonds. The Balaban J connectivity index is 1.87. The summed E-state index contributed by atoms with van der Waals surface area (Å²) in [6.07, 6.45) is 13.5. The van der Waals surface area contributed by atoms with Crippen molar-refractivity contribution in [2.45, 2.75) is 78.1 Å². The lowest BCUT2D eigenvalue weighted by Gasteiger charge is -2.16. The van der Waals surface area contributed by atoms with Crippen LogP contribution in [0.3, 0.4) is 0 Å². The van der Waals surface area contributed by atoms with Crippen LogP contribution in [-0.4, -0.2) is 4.98 Å². The zero-order chi connectivity index (χ0) is 16.3. The van der Waals surface area contributed by atoms with E-state index in [4.69, 9.17) is 4.98 Å². The summed E-state index contributed by atoms with van der Waals surface area (Å²) in [5.74, 6) is 0.889. The summed E-state index contributed by atoms with van der Waals surface area (Å²) >= 11 is 0. The van der Waals surface area contributed by atoms with Crippen LogP contribution in [-0.2, 0) is 6.42 Å². The molecule has 0 saturated carbocycles. The number of para-hydroxylation sites is 1. The van der Waals surface area contributed by atoms with Gasteiger partial charge < -0.3 is 0 Å². The lowest BCUT2D eigenvalue weighted by Crippen LogP contribution is -2.04. The van der Waals surface area contributed by atoms with E-state index >= 15 is 0 Å². The molecule has 0 spiro atoms. The van der Waals surface area contributed by atoms with Crippen molar-refractivity contribution in [3.63, 3.8) is 0 Å². The molecule has 1 aromatic heterocycles. The van der Waals surface area contributed by atoms with Crippen LogP contribution in [0.2, 0.25) is 0 Å². The molecule has 0 bridgehead atoms. The molecule has 1 heteroatoms. The molecule has 1 atom stereocenters. The van der Waals surface area contributed by atoms with Gasteiger partial charge in [0.15, 0.2) is 0 Å². The Kier molecular flexibility index (Phi) is 8.14. The quantitative estimate of drug-likeness (QED) is 0.409. The highest BCUT2D eigenvalue weighted by atomic mass is 14.7. The lowest BCUT2D eigenvalue weighted by atomic mass is 9.90. The van der Waals surface area contributed by atoms with Gasteiger partial charge in [0, 0.05) is 11.1 Å². The van der Waals surface area contributed by atoms with Crippen LogP contribution in [0.5, 0.6) is 0 Å². The summed E-state index contributed by atoms with van der Waals surface area (Å²) in [5, 5.41) is 1.25. The first kappa shape index (κ1) is 18.0. The molecule has 0 aliphatic carbocycles. The number of hydrogen-bond donors (Lipinski definition) is 0. The second-order valence-electron chi connectivity index (χ2n) is 6.89. The predicted molar refractivity (Wildman–Crippen MR) is 102 cm³/mol. The Morgan fingerprint density at radius 3 is 2.39 bits per heavy atom. The molecular weight excluding hydrogens is 278 g/mol. The molecule has 0 aliphatic heterocycles. The van der Waals surface area contributed by atoms with E-state index in [1.165, 1.54) is 68.9 Å². The van der Waals surface area contributed by atoms with E-state index < -0.39 is 0 Å². The summed E-state index contributed by atoms with van der Waals surface area (Å²) in [7, 11) is 0. The van der Waals surface area contributed by atoms with Crippen molar-refractivity contribution in [1.29, 1.82) is 0 Å². The lowest BCUT2D eigenvalue weighted by molar-refractivity contribution is 0.387. The van der Waals surface area contributed by atoms with Crippen LogP contribution in [0.1, 0.15) is 77.3 Å². The third-order valence-corrected chi connectivity index (χ3v) is 4.90. The normalized spacial score (nSPS) is 12.6. The number of pyridine rings is 1. The Bertz CT molecular complexity index is 561. The number of rotatable bonds is 11. The summed E-state index contributed by atoms with van der Waals surface area (Å²) in [5.41, 5.74) is 2.40. The van der Waals surface area contributed by atoms with Gasteiger partial charge in [-0.25, -0.2) is 0 Å². The smallest absolute Gasteiger partial charge is 0.0705 e. The molecule has 0 N–H and O–H groups in total. The van der Waals surface area contributed by atoms with Crippen molar-refractivity contribution in [2.75, 3.05) is 0 Å². The highest BCUT2D eigenvalue weighted by Gasteiger charge is 2.09. The Morgan fingerprint density at radius 2 is 1.57 bits per heavy atom. The van der Waals surface area contributed by atoms with Crippen molar-refractivity contribution in [1.82, 2.24) is 4.98 Å². The molecule has 0 radical (unpaired) electrons. The first-order valence-electron chi connectivity index (χ1n) is 9.68. The van der Waals surface area contributed by atoms with E-state index in [9.17, 15) is 0 Å². The zero-order valence-corrected chi connectivity index (χ0v) is 15.1. The van der Waals surface area contributed by atoms with E-state index in [1.54, 1.807) is 0 Å². The second kappa shape index (κ2) is 10.4. The van der Waals surface area contributed by atoms with Crippen LogP contribution in [0, 0.1) is 5.92 Å². The molecule has 0 fully saturated rings. The SMILES string of the molecule is CCCCCCC(CCCC)CCc1ccc2ccccc2n1.